The zero-order valence-electron chi connectivity index (χ0n) is 23.7. The Morgan fingerprint density at radius 1 is 1.11 bits per heavy atom. The van der Waals surface area contributed by atoms with E-state index in [9.17, 15) is 14.7 Å². The van der Waals surface area contributed by atoms with Crippen LogP contribution in [0.25, 0.3) is 0 Å². The van der Waals surface area contributed by atoms with Crippen molar-refractivity contribution in [1.82, 2.24) is 0 Å². The molecule has 0 heterocycles. The van der Waals surface area contributed by atoms with Crippen molar-refractivity contribution in [3.8, 4) is 0 Å². The quantitative estimate of drug-likeness (QED) is 0.355. The molecular weight excluding hydrogens is 464 g/mol. The van der Waals surface area contributed by atoms with Gasteiger partial charge in [0, 0.05) is 26.7 Å². The van der Waals surface area contributed by atoms with Crippen molar-refractivity contribution in [2.45, 2.75) is 129 Å². The third-order valence-electron chi connectivity index (χ3n) is 9.92. The van der Waals surface area contributed by atoms with Gasteiger partial charge in [0.2, 0.25) is 0 Å². The smallest absolute Gasteiger partial charge is 0.303 e. The Kier molecular flexibility index (Phi) is 8.14. The fourth-order valence-corrected chi connectivity index (χ4v) is 8.13. The van der Waals surface area contributed by atoms with Crippen LogP contribution < -0.4 is 0 Å². The van der Waals surface area contributed by atoms with Crippen molar-refractivity contribution in [3.63, 3.8) is 0 Å². The summed E-state index contributed by atoms with van der Waals surface area (Å²) in [7, 11) is 0. The monoisotopic (exact) mass is 512 g/mol. The van der Waals surface area contributed by atoms with Crippen LogP contribution in [0.5, 0.6) is 0 Å². The van der Waals surface area contributed by atoms with E-state index in [-0.39, 0.29) is 18.0 Å². The minimum atomic E-state index is -0.571. The molecule has 0 aromatic carbocycles. The molecular formula is C32H48O5. The van der Waals surface area contributed by atoms with Crippen LogP contribution in [0, 0.1) is 22.7 Å². The van der Waals surface area contributed by atoms with Crippen molar-refractivity contribution in [2.24, 2.45) is 22.7 Å². The van der Waals surface area contributed by atoms with E-state index in [0.29, 0.717) is 29.6 Å². The highest BCUT2D eigenvalue weighted by Crippen LogP contribution is 2.70. The minimum Gasteiger partial charge on any atom is -0.462 e. The number of hydrogen-bond donors (Lipinski definition) is 1. The van der Waals surface area contributed by atoms with Gasteiger partial charge < -0.3 is 14.6 Å². The molecule has 0 saturated heterocycles. The number of ether oxygens (including phenoxy) is 2. The van der Waals surface area contributed by atoms with Crippen LogP contribution in [0.1, 0.15) is 112 Å². The molecule has 2 unspecified atom stereocenters. The van der Waals surface area contributed by atoms with Gasteiger partial charge in [0.25, 0.3) is 0 Å². The molecule has 37 heavy (non-hydrogen) atoms. The van der Waals surface area contributed by atoms with E-state index in [0.717, 1.165) is 36.3 Å². The van der Waals surface area contributed by atoms with Crippen LogP contribution in [0.2, 0.25) is 0 Å². The van der Waals surface area contributed by atoms with Crippen LogP contribution >= 0.6 is 0 Å². The van der Waals surface area contributed by atoms with Gasteiger partial charge in [0.05, 0.1) is 5.60 Å². The summed E-state index contributed by atoms with van der Waals surface area (Å²) < 4.78 is 11.0. The first-order valence-corrected chi connectivity index (χ1v) is 14.5. The SMILES string of the molecule is C=C1/C(=C\C=C2/CCC[C@@]3(C)C2CC[C@@H]3C2(CCCC(C)(C)O)CC2)C[C@@H](OC(C)=O)CC1OC(C)=O. The maximum absolute atomic E-state index is 11.7. The summed E-state index contributed by atoms with van der Waals surface area (Å²) in [6, 6.07) is 0. The second-order valence-corrected chi connectivity index (χ2v) is 13.3. The third-order valence-corrected chi connectivity index (χ3v) is 9.92. The van der Waals surface area contributed by atoms with Crippen molar-refractivity contribution in [1.29, 1.82) is 0 Å². The van der Waals surface area contributed by atoms with Crippen molar-refractivity contribution in [3.05, 3.63) is 35.5 Å². The maximum atomic E-state index is 11.7. The molecule has 0 aromatic heterocycles. The second-order valence-electron chi connectivity index (χ2n) is 13.3. The number of carbonyl (C=O) groups is 2. The number of aliphatic hydroxyl groups is 1. The number of carbonyl (C=O) groups excluding carboxylic acids is 2. The summed E-state index contributed by atoms with van der Waals surface area (Å²) in [4.78, 5) is 23.3. The lowest BCUT2D eigenvalue weighted by atomic mass is 9.59. The molecule has 5 heteroatoms. The van der Waals surface area contributed by atoms with E-state index < -0.39 is 11.7 Å². The molecule has 0 spiro atoms. The summed E-state index contributed by atoms with van der Waals surface area (Å²) in [5.41, 5.74) is 3.64. The van der Waals surface area contributed by atoms with Gasteiger partial charge >= 0.3 is 11.9 Å². The van der Waals surface area contributed by atoms with Crippen LogP contribution in [0.3, 0.4) is 0 Å². The summed E-state index contributed by atoms with van der Waals surface area (Å²) in [5, 5.41) is 10.2. The Labute approximate surface area is 223 Å². The van der Waals surface area contributed by atoms with E-state index in [1.807, 2.05) is 13.8 Å². The highest BCUT2D eigenvalue weighted by atomic mass is 16.6. The van der Waals surface area contributed by atoms with Crippen LogP contribution in [-0.4, -0.2) is 34.9 Å². The van der Waals surface area contributed by atoms with Gasteiger partial charge in [-0.3, -0.25) is 9.59 Å². The lowest BCUT2D eigenvalue weighted by Gasteiger charge is -2.45. The molecule has 0 aliphatic heterocycles. The number of esters is 2. The highest BCUT2D eigenvalue weighted by molar-refractivity contribution is 5.67. The molecule has 4 fully saturated rings. The molecule has 1 N–H and O–H groups in total. The predicted octanol–water partition coefficient (Wildman–Crippen LogP) is 6.99. The molecule has 0 aromatic rings. The normalized spacial score (nSPS) is 35.4. The molecule has 4 aliphatic rings. The van der Waals surface area contributed by atoms with Crippen molar-refractivity contribution >= 4 is 11.9 Å². The Morgan fingerprint density at radius 2 is 1.81 bits per heavy atom. The first-order chi connectivity index (χ1) is 17.3. The molecule has 0 amide bonds. The average Bonchev–Trinajstić information content (AvgIpc) is 3.45. The van der Waals surface area contributed by atoms with Gasteiger partial charge in [0.1, 0.15) is 12.2 Å². The van der Waals surface area contributed by atoms with Gasteiger partial charge in [-0.1, -0.05) is 37.6 Å². The van der Waals surface area contributed by atoms with Crippen molar-refractivity contribution in [2.75, 3.05) is 0 Å². The van der Waals surface area contributed by atoms with Crippen LogP contribution in [0.4, 0.5) is 0 Å². The first kappa shape index (κ1) is 28.1. The summed E-state index contributed by atoms with van der Waals surface area (Å²) >= 11 is 0. The minimum absolute atomic E-state index is 0.303. The first-order valence-electron chi connectivity index (χ1n) is 14.5. The Morgan fingerprint density at radius 3 is 2.43 bits per heavy atom. The predicted molar refractivity (Wildman–Crippen MR) is 146 cm³/mol. The summed E-state index contributed by atoms with van der Waals surface area (Å²) in [5.74, 6) is 0.729. The fourth-order valence-electron chi connectivity index (χ4n) is 8.13. The average molecular weight is 513 g/mol. The maximum Gasteiger partial charge on any atom is 0.303 e. The molecule has 4 aliphatic carbocycles. The van der Waals surface area contributed by atoms with E-state index in [4.69, 9.17) is 9.47 Å². The number of hydrogen-bond acceptors (Lipinski definition) is 5. The van der Waals surface area contributed by atoms with E-state index in [1.165, 1.54) is 58.8 Å². The van der Waals surface area contributed by atoms with Gasteiger partial charge in [-0.15, -0.1) is 0 Å². The largest absolute Gasteiger partial charge is 0.462 e. The topological polar surface area (TPSA) is 72.8 Å². The van der Waals surface area contributed by atoms with E-state index >= 15 is 0 Å². The number of rotatable bonds is 8. The van der Waals surface area contributed by atoms with Gasteiger partial charge in [-0.2, -0.15) is 0 Å². The molecule has 5 nitrogen and oxygen atoms in total. The molecule has 0 radical (unpaired) electrons. The van der Waals surface area contributed by atoms with Crippen LogP contribution in [-0.2, 0) is 19.1 Å². The molecule has 5 atom stereocenters. The highest BCUT2D eigenvalue weighted by Gasteiger charge is 2.60. The lowest BCUT2D eigenvalue weighted by Crippen LogP contribution is -2.37. The van der Waals surface area contributed by atoms with E-state index in [1.54, 1.807) is 5.57 Å². The molecule has 206 valence electrons. The Hall–Kier alpha value is -1.88. The summed E-state index contributed by atoms with van der Waals surface area (Å²) in [6.45, 7) is 13.5. The zero-order valence-corrected chi connectivity index (χ0v) is 23.7. The van der Waals surface area contributed by atoms with Gasteiger partial charge in [-0.25, -0.2) is 0 Å². The van der Waals surface area contributed by atoms with Crippen LogP contribution in [0.15, 0.2) is 35.5 Å². The fraction of sp³-hybridized carbons (Fsp3) is 0.750. The van der Waals surface area contributed by atoms with Crippen molar-refractivity contribution < 1.29 is 24.2 Å². The van der Waals surface area contributed by atoms with Gasteiger partial charge in [0.15, 0.2) is 0 Å². The third kappa shape index (κ3) is 6.41. The molecule has 0 bridgehead atoms. The second kappa shape index (κ2) is 10.7. The number of allylic oxidation sites excluding steroid dienone is 3. The lowest BCUT2D eigenvalue weighted by molar-refractivity contribution is -0.152. The summed E-state index contributed by atoms with van der Waals surface area (Å²) in [6.07, 6.45) is 17.0. The standard InChI is InChI=1S/C32H48O5/c1-21-25(19-26(36-22(2)33)20-28(21)37-23(3)34)11-10-24-9-7-15-31(6)27(24)12-13-29(31)32(17-18-32)16-8-14-30(4,5)35/h10-11,26-29,35H,1,7-9,12-20H2,2-6H3/b24-10+,25-11-/t26-,27?,28?,29+,31+/m1/s1. The Balaban J connectivity index is 1.51. The molecule has 4 saturated carbocycles. The molecule has 4 rings (SSSR count). The van der Waals surface area contributed by atoms with E-state index in [2.05, 4.69) is 25.7 Å². The number of fused-ring (bicyclic) bond motifs is 1. The Bertz CT molecular complexity index is 962. The zero-order chi connectivity index (χ0) is 27.0. The van der Waals surface area contributed by atoms with Gasteiger partial charge in [-0.05, 0) is 105 Å².